The standard InChI is InChI=1S/C14H9ClN2O2S/c15-12-11(5-7-19-12)13(18)17-10-3-1-9(2-4-10)14-16-6-8-20-14/h1-8H,(H,17,18). The molecule has 3 rings (SSSR count). The van der Waals surface area contributed by atoms with Crippen molar-refractivity contribution < 1.29 is 9.21 Å². The maximum Gasteiger partial charge on any atom is 0.260 e. The predicted octanol–water partition coefficient (Wildman–Crippen LogP) is 4.31. The summed E-state index contributed by atoms with van der Waals surface area (Å²) in [7, 11) is 0. The Hall–Kier alpha value is -2.11. The van der Waals surface area contributed by atoms with Gasteiger partial charge in [0.2, 0.25) is 5.22 Å². The monoisotopic (exact) mass is 304 g/mol. The number of halogens is 1. The Morgan fingerprint density at radius 2 is 2.05 bits per heavy atom. The maximum atomic E-state index is 11.9. The Balaban J connectivity index is 1.76. The largest absolute Gasteiger partial charge is 0.452 e. The molecule has 0 aliphatic heterocycles. The molecule has 0 aliphatic carbocycles. The third kappa shape index (κ3) is 2.59. The first kappa shape index (κ1) is 12.9. The van der Waals surface area contributed by atoms with Crippen molar-refractivity contribution in [2.75, 3.05) is 5.32 Å². The van der Waals surface area contributed by atoms with Crippen molar-refractivity contribution in [1.82, 2.24) is 4.98 Å². The third-order valence-electron chi connectivity index (χ3n) is 2.68. The van der Waals surface area contributed by atoms with Gasteiger partial charge in [-0.05, 0) is 41.9 Å². The number of nitrogens with zero attached hydrogens (tertiary/aromatic N) is 1. The fraction of sp³-hybridized carbons (Fsp3) is 0. The summed E-state index contributed by atoms with van der Waals surface area (Å²) in [6.07, 6.45) is 3.14. The molecular weight excluding hydrogens is 296 g/mol. The molecule has 100 valence electrons. The summed E-state index contributed by atoms with van der Waals surface area (Å²) < 4.78 is 4.89. The molecular formula is C14H9ClN2O2S. The van der Waals surface area contributed by atoms with Gasteiger partial charge in [0.05, 0.1) is 11.8 Å². The number of amides is 1. The lowest BCUT2D eigenvalue weighted by atomic mass is 10.2. The molecule has 0 radical (unpaired) electrons. The molecule has 0 fully saturated rings. The molecule has 4 nitrogen and oxygen atoms in total. The van der Waals surface area contributed by atoms with Crippen LogP contribution < -0.4 is 5.32 Å². The van der Waals surface area contributed by atoms with Gasteiger partial charge in [0.15, 0.2) is 0 Å². The average Bonchev–Trinajstić information content (AvgIpc) is 3.10. The summed E-state index contributed by atoms with van der Waals surface area (Å²) in [5.74, 6) is -0.300. The number of hydrogen-bond acceptors (Lipinski definition) is 4. The molecule has 1 amide bonds. The summed E-state index contributed by atoms with van der Waals surface area (Å²) in [5, 5.41) is 5.71. The molecule has 6 heteroatoms. The summed E-state index contributed by atoms with van der Waals surface area (Å²) in [6, 6.07) is 8.99. The second-order valence-electron chi connectivity index (χ2n) is 3.98. The van der Waals surface area contributed by atoms with Crippen molar-refractivity contribution in [1.29, 1.82) is 0 Å². The summed E-state index contributed by atoms with van der Waals surface area (Å²) in [5.41, 5.74) is 2.02. The van der Waals surface area contributed by atoms with E-state index in [0.717, 1.165) is 10.6 Å². The van der Waals surface area contributed by atoms with Crippen LogP contribution in [0.25, 0.3) is 10.6 Å². The van der Waals surface area contributed by atoms with Crippen LogP contribution in [0.5, 0.6) is 0 Å². The Kier molecular flexibility index (Phi) is 3.54. The van der Waals surface area contributed by atoms with E-state index in [1.807, 2.05) is 29.6 Å². The van der Waals surface area contributed by atoms with Gasteiger partial charge in [0, 0.05) is 22.8 Å². The van der Waals surface area contributed by atoms with Crippen molar-refractivity contribution in [2.45, 2.75) is 0 Å². The molecule has 1 N–H and O–H groups in total. The van der Waals surface area contributed by atoms with Crippen LogP contribution in [0.2, 0.25) is 5.22 Å². The van der Waals surface area contributed by atoms with Crippen molar-refractivity contribution in [2.24, 2.45) is 0 Å². The molecule has 0 saturated heterocycles. The highest BCUT2D eigenvalue weighted by Gasteiger charge is 2.13. The van der Waals surface area contributed by atoms with Gasteiger partial charge in [-0.3, -0.25) is 4.79 Å². The van der Waals surface area contributed by atoms with Gasteiger partial charge in [-0.2, -0.15) is 0 Å². The highest BCUT2D eigenvalue weighted by Crippen LogP contribution is 2.24. The molecule has 1 aromatic carbocycles. The molecule has 20 heavy (non-hydrogen) atoms. The van der Waals surface area contributed by atoms with Gasteiger partial charge in [-0.15, -0.1) is 11.3 Å². The number of nitrogens with one attached hydrogen (secondary N) is 1. The Morgan fingerprint density at radius 1 is 1.25 bits per heavy atom. The van der Waals surface area contributed by atoms with Crippen LogP contribution >= 0.6 is 22.9 Å². The molecule has 2 aromatic heterocycles. The zero-order chi connectivity index (χ0) is 13.9. The summed E-state index contributed by atoms with van der Waals surface area (Å²) >= 11 is 7.33. The Labute approximate surface area is 124 Å². The van der Waals surface area contributed by atoms with Gasteiger partial charge in [0.25, 0.3) is 5.91 Å². The van der Waals surface area contributed by atoms with E-state index in [1.165, 1.54) is 12.3 Å². The van der Waals surface area contributed by atoms with E-state index in [4.69, 9.17) is 16.0 Å². The lowest BCUT2D eigenvalue weighted by Crippen LogP contribution is -2.11. The number of rotatable bonds is 3. The van der Waals surface area contributed by atoms with E-state index in [1.54, 1.807) is 17.5 Å². The van der Waals surface area contributed by atoms with Crippen LogP contribution in [0.3, 0.4) is 0 Å². The first-order valence-corrected chi connectivity index (χ1v) is 7.04. The fourth-order valence-corrected chi connectivity index (χ4v) is 2.56. The number of carbonyl (C=O) groups is 1. The quantitative estimate of drug-likeness (QED) is 0.784. The minimum atomic E-state index is -0.300. The van der Waals surface area contributed by atoms with Gasteiger partial charge >= 0.3 is 0 Å². The second-order valence-corrected chi connectivity index (χ2v) is 5.21. The number of anilines is 1. The van der Waals surface area contributed by atoms with Gasteiger partial charge in [0.1, 0.15) is 5.01 Å². The number of furan rings is 1. The summed E-state index contributed by atoms with van der Waals surface area (Å²) in [6.45, 7) is 0. The van der Waals surface area contributed by atoms with Crippen LogP contribution in [0, 0.1) is 0 Å². The number of hydrogen-bond donors (Lipinski definition) is 1. The molecule has 0 aliphatic rings. The van der Waals surface area contributed by atoms with Crippen molar-refractivity contribution in [3.05, 3.63) is 59.0 Å². The highest BCUT2D eigenvalue weighted by molar-refractivity contribution is 7.13. The van der Waals surface area contributed by atoms with Gasteiger partial charge in [-0.25, -0.2) is 4.98 Å². The third-order valence-corrected chi connectivity index (χ3v) is 3.80. The van der Waals surface area contributed by atoms with Crippen molar-refractivity contribution in [3.8, 4) is 10.6 Å². The van der Waals surface area contributed by atoms with E-state index in [0.29, 0.717) is 11.3 Å². The maximum absolute atomic E-state index is 11.9. The number of benzene rings is 1. The Morgan fingerprint density at radius 3 is 2.65 bits per heavy atom. The van der Waals surface area contributed by atoms with E-state index >= 15 is 0 Å². The van der Waals surface area contributed by atoms with Crippen LogP contribution in [-0.4, -0.2) is 10.9 Å². The molecule has 0 atom stereocenters. The smallest absolute Gasteiger partial charge is 0.260 e. The van der Waals surface area contributed by atoms with Gasteiger partial charge < -0.3 is 9.73 Å². The zero-order valence-electron chi connectivity index (χ0n) is 10.2. The second kappa shape index (κ2) is 5.48. The first-order valence-electron chi connectivity index (χ1n) is 5.78. The molecule has 0 spiro atoms. The molecule has 0 unspecified atom stereocenters. The minimum Gasteiger partial charge on any atom is -0.452 e. The van der Waals surface area contributed by atoms with Crippen molar-refractivity contribution in [3.63, 3.8) is 0 Å². The molecule has 0 saturated carbocycles. The minimum absolute atomic E-state index is 0.0851. The van der Waals surface area contributed by atoms with E-state index in [2.05, 4.69) is 10.3 Å². The first-order chi connectivity index (χ1) is 9.74. The fourth-order valence-electron chi connectivity index (χ4n) is 1.72. The van der Waals surface area contributed by atoms with Gasteiger partial charge in [-0.1, -0.05) is 0 Å². The van der Waals surface area contributed by atoms with Crippen molar-refractivity contribution >= 4 is 34.5 Å². The zero-order valence-corrected chi connectivity index (χ0v) is 11.7. The highest BCUT2D eigenvalue weighted by atomic mass is 35.5. The lowest BCUT2D eigenvalue weighted by Gasteiger charge is -2.04. The average molecular weight is 305 g/mol. The number of carbonyl (C=O) groups excluding carboxylic acids is 1. The summed E-state index contributed by atoms with van der Waals surface area (Å²) in [4.78, 5) is 16.2. The number of aromatic nitrogens is 1. The van der Waals surface area contributed by atoms with E-state index < -0.39 is 0 Å². The Bertz CT molecular complexity index is 720. The van der Waals surface area contributed by atoms with E-state index in [9.17, 15) is 4.79 Å². The SMILES string of the molecule is O=C(Nc1ccc(-c2nccs2)cc1)c1ccoc1Cl. The molecule has 0 bridgehead atoms. The van der Waals surface area contributed by atoms with Crippen LogP contribution in [0.1, 0.15) is 10.4 Å². The molecule has 3 aromatic rings. The number of thiazole rings is 1. The lowest BCUT2D eigenvalue weighted by molar-refractivity contribution is 0.102. The van der Waals surface area contributed by atoms with Crippen LogP contribution in [0.15, 0.2) is 52.6 Å². The van der Waals surface area contributed by atoms with Crippen LogP contribution in [-0.2, 0) is 0 Å². The topological polar surface area (TPSA) is 55.1 Å². The predicted molar refractivity (Wildman–Crippen MR) is 79.2 cm³/mol. The normalized spacial score (nSPS) is 10.4. The van der Waals surface area contributed by atoms with Crippen LogP contribution in [0.4, 0.5) is 5.69 Å². The molecule has 2 heterocycles. The van der Waals surface area contributed by atoms with E-state index in [-0.39, 0.29) is 11.1 Å².